The van der Waals surface area contributed by atoms with Crippen molar-refractivity contribution in [3.05, 3.63) is 35.5 Å². The molecule has 0 amide bonds. The fourth-order valence-corrected chi connectivity index (χ4v) is 7.21. The molecule has 3 fully saturated rings. The zero-order chi connectivity index (χ0) is 25.8. The van der Waals surface area contributed by atoms with Crippen molar-refractivity contribution in [2.45, 2.75) is 116 Å². The number of hydrogen-bond donors (Lipinski definition) is 4. The number of allylic oxidation sites excluding steroid dienone is 3. The first-order chi connectivity index (χ1) is 16.5. The lowest BCUT2D eigenvalue weighted by molar-refractivity contribution is -0.0968. The van der Waals surface area contributed by atoms with Crippen molar-refractivity contribution in [1.29, 1.82) is 0 Å². The second-order valence-electron chi connectivity index (χ2n) is 12.4. The summed E-state index contributed by atoms with van der Waals surface area (Å²) < 4.78 is 5.63. The van der Waals surface area contributed by atoms with Crippen molar-refractivity contribution >= 4 is 0 Å². The summed E-state index contributed by atoms with van der Waals surface area (Å²) in [5.41, 5.74) is 2.79. The minimum atomic E-state index is -0.931. The maximum atomic E-state index is 10.7. The van der Waals surface area contributed by atoms with Gasteiger partial charge in [-0.1, -0.05) is 51.0 Å². The molecule has 35 heavy (non-hydrogen) atoms. The van der Waals surface area contributed by atoms with E-state index in [9.17, 15) is 15.3 Å². The number of fused-ring (bicyclic) bond motifs is 1. The van der Waals surface area contributed by atoms with Gasteiger partial charge in [0.25, 0.3) is 0 Å². The van der Waals surface area contributed by atoms with Gasteiger partial charge in [0.15, 0.2) is 0 Å². The Morgan fingerprint density at radius 2 is 1.94 bits per heavy atom. The zero-order valence-corrected chi connectivity index (χ0v) is 22.5. The Kier molecular flexibility index (Phi) is 9.84. The molecule has 0 aromatic heterocycles. The van der Waals surface area contributed by atoms with Gasteiger partial charge in [-0.25, -0.2) is 0 Å². The molecule has 3 saturated carbocycles. The molecule has 5 heteroatoms. The van der Waals surface area contributed by atoms with E-state index in [1.54, 1.807) is 0 Å². The second kappa shape index (κ2) is 12.0. The number of hydrogen-bond acceptors (Lipinski definition) is 5. The highest BCUT2D eigenvalue weighted by Gasteiger charge is 2.50. The summed E-state index contributed by atoms with van der Waals surface area (Å²) in [4.78, 5) is 0. The average Bonchev–Trinajstić information content (AvgIpc) is 3.14. The van der Waals surface area contributed by atoms with Crippen molar-refractivity contribution in [1.82, 2.24) is 0 Å². The molecule has 3 aliphatic carbocycles. The van der Waals surface area contributed by atoms with E-state index in [0.29, 0.717) is 42.3 Å². The molecule has 0 aromatic rings. The van der Waals surface area contributed by atoms with Crippen LogP contribution in [-0.4, -0.2) is 57.6 Å². The fourth-order valence-electron chi connectivity index (χ4n) is 7.21. The van der Waals surface area contributed by atoms with E-state index in [2.05, 4.69) is 32.6 Å². The minimum absolute atomic E-state index is 0.0269. The Bertz CT molecular complexity index is 778. The number of ether oxygens (including phenoxy) is 1. The van der Waals surface area contributed by atoms with Gasteiger partial charge in [-0.2, -0.15) is 0 Å². The SMILES string of the molecule is C=C1/C(=C\C=C2CCC[C@@]3(C)C2CC[C@@H]3[C@H](C)CCCC(C)(C)O)C[C@@H](O)[C@@H](OCCCO)[C@@H]1O. The third kappa shape index (κ3) is 6.87. The molecule has 0 spiro atoms. The summed E-state index contributed by atoms with van der Waals surface area (Å²) in [6.07, 6.45) is 12.1. The van der Waals surface area contributed by atoms with Gasteiger partial charge < -0.3 is 25.2 Å². The highest BCUT2D eigenvalue weighted by molar-refractivity contribution is 5.40. The molecule has 200 valence electrons. The molecule has 3 rings (SSSR count). The third-order valence-electron chi connectivity index (χ3n) is 9.17. The van der Waals surface area contributed by atoms with Crippen LogP contribution < -0.4 is 0 Å². The van der Waals surface area contributed by atoms with Gasteiger partial charge in [-0.15, -0.1) is 0 Å². The average molecular weight is 491 g/mol. The maximum absolute atomic E-state index is 10.7. The lowest BCUT2D eigenvalue weighted by atomic mass is 9.60. The Balaban J connectivity index is 1.67. The van der Waals surface area contributed by atoms with E-state index < -0.39 is 23.9 Å². The van der Waals surface area contributed by atoms with E-state index in [0.717, 1.165) is 30.8 Å². The first-order valence-electron chi connectivity index (χ1n) is 13.9. The molecule has 0 aliphatic heterocycles. The van der Waals surface area contributed by atoms with Crippen molar-refractivity contribution in [3.63, 3.8) is 0 Å². The molecule has 0 aromatic carbocycles. The molecule has 1 unspecified atom stereocenters. The Labute approximate surface area is 213 Å². The number of aliphatic hydroxyl groups is 4. The second-order valence-corrected chi connectivity index (χ2v) is 12.4. The molecule has 0 saturated heterocycles. The van der Waals surface area contributed by atoms with Gasteiger partial charge in [0.2, 0.25) is 0 Å². The predicted octanol–water partition coefficient (Wildman–Crippen LogP) is 5.08. The molecule has 5 nitrogen and oxygen atoms in total. The zero-order valence-electron chi connectivity index (χ0n) is 22.5. The maximum Gasteiger partial charge on any atom is 0.114 e. The molecule has 3 aliphatic rings. The lowest BCUT2D eigenvalue weighted by Gasteiger charge is -2.44. The van der Waals surface area contributed by atoms with Gasteiger partial charge in [0.05, 0.1) is 11.7 Å². The van der Waals surface area contributed by atoms with E-state index >= 15 is 0 Å². The molecule has 0 radical (unpaired) electrons. The van der Waals surface area contributed by atoms with E-state index in [-0.39, 0.29) is 6.61 Å². The van der Waals surface area contributed by atoms with Crippen LogP contribution in [0.25, 0.3) is 0 Å². The van der Waals surface area contributed by atoms with Gasteiger partial charge in [-0.3, -0.25) is 0 Å². The van der Waals surface area contributed by atoms with Gasteiger partial charge in [0, 0.05) is 19.6 Å². The van der Waals surface area contributed by atoms with Crippen LogP contribution in [0.15, 0.2) is 35.5 Å². The number of aliphatic hydroxyl groups excluding tert-OH is 3. The third-order valence-corrected chi connectivity index (χ3v) is 9.17. The van der Waals surface area contributed by atoms with Crippen LogP contribution in [0, 0.1) is 23.2 Å². The first-order valence-corrected chi connectivity index (χ1v) is 13.9. The Hall–Kier alpha value is -0.980. The normalized spacial score (nSPS) is 37.1. The monoisotopic (exact) mass is 490 g/mol. The topological polar surface area (TPSA) is 90.2 Å². The van der Waals surface area contributed by atoms with E-state index in [1.165, 1.54) is 37.7 Å². The highest BCUT2D eigenvalue weighted by Crippen LogP contribution is 2.60. The predicted molar refractivity (Wildman–Crippen MR) is 141 cm³/mol. The van der Waals surface area contributed by atoms with E-state index in [4.69, 9.17) is 9.84 Å². The van der Waals surface area contributed by atoms with Crippen LogP contribution >= 0.6 is 0 Å². The van der Waals surface area contributed by atoms with Gasteiger partial charge >= 0.3 is 0 Å². The minimum Gasteiger partial charge on any atom is -0.396 e. The van der Waals surface area contributed by atoms with Crippen LogP contribution in [0.1, 0.15) is 91.9 Å². The molecule has 7 atom stereocenters. The van der Waals surface area contributed by atoms with Crippen molar-refractivity contribution in [2.24, 2.45) is 23.2 Å². The highest BCUT2D eigenvalue weighted by atomic mass is 16.5. The summed E-state index contributed by atoms with van der Waals surface area (Å²) in [6.45, 7) is 13.2. The largest absolute Gasteiger partial charge is 0.396 e. The first kappa shape index (κ1) is 28.6. The van der Waals surface area contributed by atoms with Gasteiger partial charge in [0.1, 0.15) is 12.2 Å². The lowest BCUT2D eigenvalue weighted by Crippen LogP contribution is -2.45. The molecule has 0 bridgehead atoms. The summed E-state index contributed by atoms with van der Waals surface area (Å²) in [5.74, 6) is 1.98. The summed E-state index contributed by atoms with van der Waals surface area (Å²) in [6, 6.07) is 0. The quantitative estimate of drug-likeness (QED) is 0.321. The van der Waals surface area contributed by atoms with Crippen LogP contribution in [0.2, 0.25) is 0 Å². The van der Waals surface area contributed by atoms with Gasteiger partial charge in [-0.05, 0) is 93.1 Å². The van der Waals surface area contributed by atoms with Crippen LogP contribution in [0.4, 0.5) is 0 Å². The van der Waals surface area contributed by atoms with Crippen LogP contribution in [0.5, 0.6) is 0 Å². The van der Waals surface area contributed by atoms with Crippen molar-refractivity contribution < 1.29 is 25.2 Å². The Morgan fingerprint density at radius 1 is 1.20 bits per heavy atom. The summed E-state index contributed by atoms with van der Waals surface area (Å²) in [7, 11) is 0. The number of rotatable bonds is 10. The molecular formula is C30H50O5. The summed E-state index contributed by atoms with van der Waals surface area (Å²) in [5, 5.41) is 40.4. The van der Waals surface area contributed by atoms with Crippen molar-refractivity contribution in [3.8, 4) is 0 Å². The van der Waals surface area contributed by atoms with Crippen LogP contribution in [-0.2, 0) is 4.74 Å². The van der Waals surface area contributed by atoms with E-state index in [1.807, 2.05) is 13.8 Å². The smallest absolute Gasteiger partial charge is 0.114 e. The molecule has 4 N–H and O–H groups in total. The molecule has 0 heterocycles. The van der Waals surface area contributed by atoms with Crippen LogP contribution in [0.3, 0.4) is 0 Å². The Morgan fingerprint density at radius 3 is 2.63 bits per heavy atom. The summed E-state index contributed by atoms with van der Waals surface area (Å²) >= 11 is 0. The van der Waals surface area contributed by atoms with Crippen molar-refractivity contribution in [2.75, 3.05) is 13.2 Å². The standard InChI is InChI=1S/C30H50O5/c1-20(9-6-15-29(3,4)34)24-13-14-25-22(10-7-16-30(24,25)5)11-12-23-19-26(32)28(27(33)21(23)2)35-18-8-17-31/h11-12,20,24-28,31-34H,2,6-10,13-19H2,1,3-5H3/b22-11?,23-12-/t20-,24-,25?,26-,27-,28-,30-/m1/s1. The fraction of sp³-hybridized carbons (Fsp3) is 0.800. The molecular weight excluding hydrogens is 440 g/mol.